The fourth-order valence-electron chi connectivity index (χ4n) is 3.00. The van der Waals surface area contributed by atoms with Crippen molar-refractivity contribution in [3.05, 3.63) is 77.7 Å². The summed E-state index contributed by atoms with van der Waals surface area (Å²) in [5, 5.41) is 2.09. The average molecular weight is 322 g/mol. The Labute approximate surface area is 145 Å². The molecule has 0 saturated carbocycles. The van der Waals surface area contributed by atoms with Gasteiger partial charge in [0.25, 0.3) is 0 Å². The van der Waals surface area contributed by atoms with Crippen molar-refractivity contribution in [3.8, 4) is 0 Å². The third-order valence-electron chi connectivity index (χ3n) is 4.09. The fraction of sp³-hybridized carbons (Fsp3) is 0.333. The van der Waals surface area contributed by atoms with Gasteiger partial charge in [0.2, 0.25) is 5.88 Å². The molecule has 3 nitrogen and oxygen atoms in total. The molecule has 24 heavy (non-hydrogen) atoms. The van der Waals surface area contributed by atoms with E-state index in [0.717, 1.165) is 17.1 Å². The second-order valence-corrected chi connectivity index (χ2v) is 7.38. The Hall–Kier alpha value is -2.26. The Morgan fingerprint density at radius 3 is 1.92 bits per heavy atom. The molecule has 0 spiro atoms. The Bertz CT molecular complexity index is 713. The van der Waals surface area contributed by atoms with Crippen molar-refractivity contribution in [1.82, 2.24) is 5.06 Å². The molecule has 1 atom stereocenters. The summed E-state index contributed by atoms with van der Waals surface area (Å²) in [4.78, 5) is 8.65. The lowest BCUT2D eigenvalue weighted by Gasteiger charge is -2.35. The van der Waals surface area contributed by atoms with E-state index in [1.165, 1.54) is 5.56 Å². The van der Waals surface area contributed by atoms with Gasteiger partial charge >= 0.3 is 0 Å². The monoisotopic (exact) mass is 322 g/mol. The van der Waals surface area contributed by atoms with Crippen molar-refractivity contribution in [2.45, 2.75) is 46.3 Å². The molecular weight excluding hydrogens is 296 g/mol. The molecular formula is C21H26N2O. The first-order valence-corrected chi connectivity index (χ1v) is 8.43. The highest BCUT2D eigenvalue weighted by Crippen LogP contribution is 2.44. The molecule has 1 aliphatic rings. The number of para-hydroxylation sites is 1. The molecule has 1 fully saturated rings. The van der Waals surface area contributed by atoms with Crippen LogP contribution in [0.3, 0.4) is 0 Å². The topological polar surface area (TPSA) is 15.7 Å². The van der Waals surface area contributed by atoms with E-state index in [1.54, 1.807) is 0 Å². The van der Waals surface area contributed by atoms with Crippen LogP contribution in [0.4, 0.5) is 5.69 Å². The van der Waals surface area contributed by atoms with E-state index in [-0.39, 0.29) is 11.7 Å². The number of hydrogen-bond donors (Lipinski definition) is 0. The molecule has 2 aromatic carbocycles. The van der Waals surface area contributed by atoms with Crippen LogP contribution in [-0.4, -0.2) is 10.6 Å². The number of anilines is 1. The van der Waals surface area contributed by atoms with E-state index in [0.29, 0.717) is 0 Å². The van der Waals surface area contributed by atoms with Crippen LogP contribution in [0.15, 0.2) is 72.1 Å². The summed E-state index contributed by atoms with van der Waals surface area (Å²) in [6.45, 7) is 10.7. The average Bonchev–Trinajstić information content (AvgIpc) is 2.97. The first kappa shape index (κ1) is 16.6. The van der Waals surface area contributed by atoms with Crippen molar-refractivity contribution in [2.75, 3.05) is 4.90 Å². The van der Waals surface area contributed by atoms with Crippen molar-refractivity contribution in [2.24, 2.45) is 0 Å². The van der Waals surface area contributed by atoms with Crippen LogP contribution in [0.5, 0.6) is 0 Å². The zero-order chi connectivity index (χ0) is 17.3. The SMILES string of the molecule is CC(C)=C1ON(C(C)(C)C)C(c2ccccc2)N1c1ccccc1. The molecule has 126 valence electrons. The van der Waals surface area contributed by atoms with E-state index in [9.17, 15) is 0 Å². The van der Waals surface area contributed by atoms with Crippen molar-refractivity contribution in [1.29, 1.82) is 0 Å². The first-order chi connectivity index (χ1) is 11.4. The van der Waals surface area contributed by atoms with Crippen molar-refractivity contribution >= 4 is 5.69 Å². The molecule has 1 unspecified atom stereocenters. The van der Waals surface area contributed by atoms with Gasteiger partial charge in [-0.05, 0) is 57.9 Å². The molecule has 0 aliphatic carbocycles. The molecule has 1 saturated heterocycles. The number of nitrogens with zero attached hydrogens (tertiary/aromatic N) is 2. The van der Waals surface area contributed by atoms with Crippen molar-refractivity contribution < 1.29 is 4.84 Å². The van der Waals surface area contributed by atoms with E-state index < -0.39 is 0 Å². The number of hydroxylamine groups is 2. The van der Waals surface area contributed by atoms with Crippen LogP contribution in [0, 0.1) is 0 Å². The van der Waals surface area contributed by atoms with Gasteiger partial charge in [-0.1, -0.05) is 48.5 Å². The van der Waals surface area contributed by atoms with Gasteiger partial charge in [0, 0.05) is 5.69 Å². The predicted molar refractivity (Wildman–Crippen MR) is 99.2 cm³/mol. The van der Waals surface area contributed by atoms with Crippen LogP contribution >= 0.6 is 0 Å². The zero-order valence-electron chi connectivity index (χ0n) is 15.2. The zero-order valence-corrected chi connectivity index (χ0v) is 15.2. The maximum atomic E-state index is 6.36. The smallest absolute Gasteiger partial charge is 0.219 e. The Morgan fingerprint density at radius 2 is 1.42 bits per heavy atom. The normalized spacial score (nSPS) is 18.6. The maximum Gasteiger partial charge on any atom is 0.219 e. The van der Waals surface area contributed by atoms with Gasteiger partial charge in [-0.25, -0.2) is 0 Å². The molecule has 3 heteroatoms. The molecule has 1 heterocycles. The lowest BCUT2D eigenvalue weighted by atomic mass is 10.0. The minimum Gasteiger partial charge on any atom is -0.385 e. The molecule has 0 aromatic heterocycles. The predicted octanol–water partition coefficient (Wildman–Crippen LogP) is 5.49. The molecule has 0 amide bonds. The number of benzene rings is 2. The van der Waals surface area contributed by atoms with Gasteiger partial charge in [0.15, 0.2) is 0 Å². The highest BCUT2D eigenvalue weighted by atomic mass is 16.7. The summed E-state index contributed by atoms with van der Waals surface area (Å²) in [5.41, 5.74) is 3.37. The number of hydrogen-bond acceptors (Lipinski definition) is 3. The summed E-state index contributed by atoms with van der Waals surface area (Å²) in [7, 11) is 0. The third kappa shape index (κ3) is 3.04. The van der Waals surface area contributed by atoms with Crippen LogP contribution < -0.4 is 4.90 Å². The molecule has 0 radical (unpaired) electrons. The van der Waals surface area contributed by atoms with Crippen molar-refractivity contribution in [3.63, 3.8) is 0 Å². The largest absolute Gasteiger partial charge is 0.385 e. The summed E-state index contributed by atoms with van der Waals surface area (Å²) >= 11 is 0. The Morgan fingerprint density at radius 1 is 0.875 bits per heavy atom. The van der Waals surface area contributed by atoms with E-state index in [2.05, 4.69) is 99.2 Å². The lowest BCUT2D eigenvalue weighted by molar-refractivity contribution is -0.169. The highest BCUT2D eigenvalue weighted by molar-refractivity contribution is 5.55. The van der Waals surface area contributed by atoms with Gasteiger partial charge in [-0.2, -0.15) is 0 Å². The van der Waals surface area contributed by atoms with Crippen LogP contribution in [0.25, 0.3) is 0 Å². The lowest BCUT2D eigenvalue weighted by Crippen LogP contribution is -2.42. The number of allylic oxidation sites excluding steroid dienone is 1. The third-order valence-corrected chi connectivity index (χ3v) is 4.09. The molecule has 2 aromatic rings. The van der Waals surface area contributed by atoms with E-state index in [1.807, 2.05) is 6.07 Å². The van der Waals surface area contributed by atoms with Crippen LogP contribution in [-0.2, 0) is 4.84 Å². The van der Waals surface area contributed by atoms with Crippen LogP contribution in [0.2, 0.25) is 0 Å². The van der Waals surface area contributed by atoms with E-state index in [4.69, 9.17) is 4.84 Å². The Kier molecular flexibility index (Phi) is 4.37. The van der Waals surface area contributed by atoms with Crippen LogP contribution in [0.1, 0.15) is 46.3 Å². The van der Waals surface area contributed by atoms with Gasteiger partial charge in [-0.15, -0.1) is 5.06 Å². The highest BCUT2D eigenvalue weighted by Gasteiger charge is 2.45. The molecule has 0 N–H and O–H groups in total. The summed E-state index contributed by atoms with van der Waals surface area (Å²) in [6, 6.07) is 21.0. The second kappa shape index (κ2) is 6.33. The minimum atomic E-state index is -0.134. The van der Waals surface area contributed by atoms with Gasteiger partial charge in [0.1, 0.15) is 6.17 Å². The number of rotatable bonds is 2. The molecule has 1 aliphatic heterocycles. The first-order valence-electron chi connectivity index (χ1n) is 8.43. The summed E-state index contributed by atoms with van der Waals surface area (Å²) < 4.78 is 0. The molecule has 0 bridgehead atoms. The minimum absolute atomic E-state index is 0.00139. The Balaban J connectivity index is 2.18. The standard InChI is InChI=1S/C21H26N2O/c1-16(2)20-22(18-14-10-7-11-15-18)19(17-12-8-6-9-13-17)23(24-20)21(3,4)5/h6-15,19H,1-5H3. The van der Waals surface area contributed by atoms with Gasteiger partial charge in [-0.3, -0.25) is 4.90 Å². The summed E-state index contributed by atoms with van der Waals surface area (Å²) in [5.74, 6) is 0.907. The quantitative estimate of drug-likeness (QED) is 0.727. The second-order valence-electron chi connectivity index (χ2n) is 7.38. The molecule has 3 rings (SSSR count). The van der Waals surface area contributed by atoms with E-state index >= 15 is 0 Å². The summed E-state index contributed by atoms with van der Waals surface area (Å²) in [6.07, 6.45) is -0.00139. The van der Waals surface area contributed by atoms with Gasteiger partial charge < -0.3 is 4.84 Å². The van der Waals surface area contributed by atoms with Gasteiger partial charge in [0.05, 0.1) is 5.54 Å². The fourth-order valence-corrected chi connectivity index (χ4v) is 3.00. The maximum absolute atomic E-state index is 6.36.